The van der Waals surface area contributed by atoms with E-state index in [1.807, 2.05) is 11.8 Å². The molecule has 0 spiro atoms. The molecule has 0 amide bonds. The molecule has 0 aromatic heterocycles. The minimum atomic E-state index is -0.766. The van der Waals surface area contributed by atoms with Crippen LogP contribution in [0.5, 0.6) is 0 Å². The normalized spacial score (nSPS) is 11.1. The minimum Gasteiger partial charge on any atom is -0.480 e. The summed E-state index contributed by atoms with van der Waals surface area (Å²) in [5.74, 6) is -0.294. The smallest absolute Gasteiger partial charge is 0.317 e. The van der Waals surface area contributed by atoms with Gasteiger partial charge in [-0.1, -0.05) is 43.7 Å². The van der Waals surface area contributed by atoms with Crippen LogP contribution < -0.4 is 0 Å². The van der Waals surface area contributed by atoms with E-state index in [0.29, 0.717) is 12.5 Å². The molecule has 1 rings (SSSR count). The van der Waals surface area contributed by atoms with Crippen LogP contribution in [0.2, 0.25) is 0 Å². The van der Waals surface area contributed by atoms with E-state index in [2.05, 4.69) is 38.1 Å². The largest absolute Gasteiger partial charge is 0.480 e. The molecule has 3 nitrogen and oxygen atoms in total. The molecule has 0 saturated heterocycles. The topological polar surface area (TPSA) is 40.5 Å². The van der Waals surface area contributed by atoms with E-state index in [-0.39, 0.29) is 6.54 Å². The number of aryl methyl sites for hydroxylation is 1. The first-order chi connectivity index (χ1) is 7.97. The minimum absolute atomic E-state index is 0.103. The lowest BCUT2D eigenvalue weighted by atomic mass is 10.1. The molecule has 94 valence electrons. The fraction of sp³-hybridized carbons (Fsp3) is 0.500. The first-order valence-electron chi connectivity index (χ1n) is 5.97. The van der Waals surface area contributed by atoms with Gasteiger partial charge in [-0.2, -0.15) is 0 Å². The molecular formula is C14H21NO2. The SMILES string of the molecule is Cc1ccc(CN(CC(=O)O)CC(C)C)cc1. The molecule has 0 unspecified atom stereocenters. The van der Waals surface area contributed by atoms with Crippen molar-refractivity contribution in [3.63, 3.8) is 0 Å². The second-order valence-electron chi connectivity index (χ2n) is 4.94. The van der Waals surface area contributed by atoms with E-state index in [0.717, 1.165) is 12.1 Å². The maximum atomic E-state index is 10.8. The standard InChI is InChI=1S/C14H21NO2/c1-11(2)8-15(10-14(16)17)9-13-6-4-12(3)5-7-13/h4-7,11H,8-10H2,1-3H3,(H,16,17). The Morgan fingerprint density at radius 3 is 2.35 bits per heavy atom. The molecule has 0 bridgehead atoms. The van der Waals surface area contributed by atoms with Gasteiger partial charge in [-0.3, -0.25) is 9.69 Å². The highest BCUT2D eigenvalue weighted by atomic mass is 16.4. The Hall–Kier alpha value is -1.35. The maximum absolute atomic E-state index is 10.8. The van der Waals surface area contributed by atoms with Gasteiger partial charge in [-0.15, -0.1) is 0 Å². The number of benzene rings is 1. The summed E-state index contributed by atoms with van der Waals surface area (Å²) in [7, 11) is 0. The molecule has 17 heavy (non-hydrogen) atoms. The highest BCUT2D eigenvalue weighted by molar-refractivity contribution is 5.69. The van der Waals surface area contributed by atoms with Crippen molar-refractivity contribution in [3.8, 4) is 0 Å². The van der Waals surface area contributed by atoms with Gasteiger partial charge in [0.05, 0.1) is 6.54 Å². The molecule has 0 saturated carbocycles. The fourth-order valence-electron chi connectivity index (χ4n) is 1.84. The Balaban J connectivity index is 2.64. The Morgan fingerprint density at radius 2 is 1.88 bits per heavy atom. The zero-order valence-electron chi connectivity index (χ0n) is 10.8. The van der Waals surface area contributed by atoms with E-state index in [4.69, 9.17) is 5.11 Å². The molecule has 1 aromatic rings. The van der Waals surface area contributed by atoms with E-state index in [1.165, 1.54) is 5.56 Å². The number of carboxylic acids is 1. The summed E-state index contributed by atoms with van der Waals surface area (Å²) in [6, 6.07) is 8.24. The molecule has 3 heteroatoms. The van der Waals surface area contributed by atoms with Crippen LogP contribution in [0.25, 0.3) is 0 Å². The number of nitrogens with zero attached hydrogens (tertiary/aromatic N) is 1. The lowest BCUT2D eigenvalue weighted by Gasteiger charge is -2.22. The van der Waals surface area contributed by atoms with Crippen LogP contribution in [0.3, 0.4) is 0 Å². The van der Waals surface area contributed by atoms with Crippen molar-refractivity contribution in [2.24, 2.45) is 5.92 Å². The second-order valence-corrected chi connectivity index (χ2v) is 4.94. The van der Waals surface area contributed by atoms with E-state index < -0.39 is 5.97 Å². The van der Waals surface area contributed by atoms with Crippen molar-refractivity contribution in [2.45, 2.75) is 27.3 Å². The molecule has 0 radical (unpaired) electrons. The quantitative estimate of drug-likeness (QED) is 0.823. The van der Waals surface area contributed by atoms with Gasteiger partial charge >= 0.3 is 5.97 Å². The second kappa shape index (κ2) is 6.40. The first kappa shape index (κ1) is 13.7. The average Bonchev–Trinajstić information content (AvgIpc) is 2.19. The van der Waals surface area contributed by atoms with Crippen molar-refractivity contribution in [1.82, 2.24) is 4.90 Å². The molecule has 0 heterocycles. The van der Waals surface area contributed by atoms with Gasteiger partial charge in [0.1, 0.15) is 0 Å². The van der Waals surface area contributed by atoms with Crippen molar-refractivity contribution in [3.05, 3.63) is 35.4 Å². The van der Waals surface area contributed by atoms with Gasteiger partial charge in [0.2, 0.25) is 0 Å². The van der Waals surface area contributed by atoms with Crippen molar-refractivity contribution >= 4 is 5.97 Å². The monoisotopic (exact) mass is 235 g/mol. The number of hydrogen-bond donors (Lipinski definition) is 1. The number of carboxylic acid groups (broad SMARTS) is 1. The van der Waals surface area contributed by atoms with Gasteiger partial charge in [0, 0.05) is 13.1 Å². The third kappa shape index (κ3) is 5.50. The van der Waals surface area contributed by atoms with Gasteiger partial charge in [0.15, 0.2) is 0 Å². The van der Waals surface area contributed by atoms with Gasteiger partial charge in [0.25, 0.3) is 0 Å². The maximum Gasteiger partial charge on any atom is 0.317 e. The Labute approximate surface area is 103 Å². The third-order valence-corrected chi connectivity index (χ3v) is 2.51. The molecule has 0 aliphatic heterocycles. The van der Waals surface area contributed by atoms with Gasteiger partial charge in [-0.25, -0.2) is 0 Å². The molecule has 0 aliphatic rings. The summed E-state index contributed by atoms with van der Waals surface area (Å²) in [4.78, 5) is 12.8. The number of rotatable bonds is 6. The van der Waals surface area contributed by atoms with Crippen LogP contribution in [-0.4, -0.2) is 29.1 Å². The van der Waals surface area contributed by atoms with Crippen LogP contribution in [-0.2, 0) is 11.3 Å². The first-order valence-corrected chi connectivity index (χ1v) is 5.97. The Kier molecular flexibility index (Phi) is 5.16. The fourth-order valence-corrected chi connectivity index (χ4v) is 1.84. The summed E-state index contributed by atoms with van der Waals surface area (Å²) < 4.78 is 0. The highest BCUT2D eigenvalue weighted by Gasteiger charge is 2.11. The lowest BCUT2D eigenvalue weighted by Crippen LogP contribution is -2.32. The van der Waals surface area contributed by atoms with E-state index in [9.17, 15) is 4.79 Å². The molecule has 0 aliphatic carbocycles. The zero-order valence-corrected chi connectivity index (χ0v) is 10.8. The van der Waals surface area contributed by atoms with E-state index in [1.54, 1.807) is 0 Å². The average molecular weight is 235 g/mol. The number of aliphatic carboxylic acids is 1. The summed E-state index contributed by atoms with van der Waals surface area (Å²) >= 11 is 0. The van der Waals surface area contributed by atoms with Crippen LogP contribution in [0.15, 0.2) is 24.3 Å². The van der Waals surface area contributed by atoms with E-state index >= 15 is 0 Å². The molecule has 0 atom stereocenters. The van der Waals surface area contributed by atoms with Crippen molar-refractivity contribution in [1.29, 1.82) is 0 Å². The summed E-state index contributed by atoms with van der Waals surface area (Å²) in [5, 5.41) is 8.88. The lowest BCUT2D eigenvalue weighted by molar-refractivity contribution is -0.138. The summed E-state index contributed by atoms with van der Waals surface area (Å²) in [6.45, 7) is 7.86. The highest BCUT2D eigenvalue weighted by Crippen LogP contribution is 2.08. The van der Waals surface area contributed by atoms with Crippen LogP contribution >= 0.6 is 0 Å². The van der Waals surface area contributed by atoms with Crippen LogP contribution in [0, 0.1) is 12.8 Å². The molecule has 1 aromatic carbocycles. The molecule has 0 fully saturated rings. The van der Waals surface area contributed by atoms with Crippen LogP contribution in [0.1, 0.15) is 25.0 Å². The summed E-state index contributed by atoms with van der Waals surface area (Å²) in [5.41, 5.74) is 2.39. The zero-order chi connectivity index (χ0) is 12.8. The third-order valence-electron chi connectivity index (χ3n) is 2.51. The van der Waals surface area contributed by atoms with Crippen molar-refractivity contribution < 1.29 is 9.90 Å². The predicted octanol–water partition coefficient (Wildman–Crippen LogP) is 2.54. The predicted molar refractivity (Wildman–Crippen MR) is 68.9 cm³/mol. The molecular weight excluding hydrogens is 214 g/mol. The Morgan fingerprint density at radius 1 is 1.29 bits per heavy atom. The Bertz CT molecular complexity index is 357. The van der Waals surface area contributed by atoms with Crippen molar-refractivity contribution in [2.75, 3.05) is 13.1 Å². The molecule has 1 N–H and O–H groups in total. The summed E-state index contributed by atoms with van der Waals surface area (Å²) in [6.07, 6.45) is 0. The number of carbonyl (C=O) groups is 1. The van der Waals surface area contributed by atoms with Crippen LogP contribution in [0.4, 0.5) is 0 Å². The number of hydrogen-bond acceptors (Lipinski definition) is 2. The van der Waals surface area contributed by atoms with Gasteiger partial charge in [-0.05, 0) is 18.4 Å². The van der Waals surface area contributed by atoms with Gasteiger partial charge < -0.3 is 5.11 Å².